The molecule has 1 aromatic heterocycles. The van der Waals surface area contributed by atoms with Gasteiger partial charge in [-0.3, -0.25) is 4.79 Å². The molecule has 3 rings (SSSR count). The molecule has 118 valence electrons. The molecule has 0 fully saturated rings. The zero-order valence-electron chi connectivity index (χ0n) is 13.3. The number of carbonyl (C=O) groups is 1. The normalized spacial score (nSPS) is 12.5. The summed E-state index contributed by atoms with van der Waals surface area (Å²) in [6, 6.07) is 13.7. The van der Waals surface area contributed by atoms with E-state index >= 15 is 0 Å². The first kappa shape index (κ1) is 15.2. The minimum Gasteiger partial charge on any atom is -0.347 e. The fourth-order valence-corrected chi connectivity index (χ4v) is 2.61. The van der Waals surface area contributed by atoms with Gasteiger partial charge in [0.1, 0.15) is 0 Å². The molecule has 0 unspecified atom stereocenters. The van der Waals surface area contributed by atoms with Crippen LogP contribution in [-0.2, 0) is 6.54 Å². The van der Waals surface area contributed by atoms with Gasteiger partial charge in [-0.15, -0.1) is 0 Å². The van der Waals surface area contributed by atoms with Gasteiger partial charge < -0.3 is 5.32 Å². The summed E-state index contributed by atoms with van der Waals surface area (Å²) >= 11 is 0. The van der Waals surface area contributed by atoms with E-state index in [0.29, 0.717) is 12.1 Å². The van der Waals surface area contributed by atoms with E-state index in [1.165, 1.54) is 0 Å². The first-order chi connectivity index (χ1) is 11.1. The second-order valence-corrected chi connectivity index (χ2v) is 5.93. The van der Waals surface area contributed by atoms with Crippen LogP contribution in [0.1, 0.15) is 24.2 Å². The maximum atomic E-state index is 12.7. The quantitative estimate of drug-likeness (QED) is 0.788. The molecular weight excluding hydrogens is 288 g/mol. The average Bonchev–Trinajstić information content (AvgIpc) is 3.06. The van der Waals surface area contributed by atoms with Crippen molar-refractivity contribution in [2.24, 2.45) is 5.92 Å². The van der Waals surface area contributed by atoms with Gasteiger partial charge in [-0.25, -0.2) is 0 Å². The highest BCUT2D eigenvalue weighted by atomic mass is 16.1. The molecule has 2 aromatic carbocycles. The first-order valence-corrected chi connectivity index (χ1v) is 7.78. The Kier molecular flexibility index (Phi) is 4.37. The molecule has 0 bridgehead atoms. The van der Waals surface area contributed by atoms with Crippen molar-refractivity contribution in [3.63, 3.8) is 0 Å². The lowest BCUT2D eigenvalue weighted by Crippen LogP contribution is -2.42. The molecule has 0 aliphatic heterocycles. The highest BCUT2D eigenvalue weighted by molar-refractivity contribution is 6.07. The molecule has 0 saturated carbocycles. The Balaban J connectivity index is 1.83. The molecule has 0 spiro atoms. The van der Waals surface area contributed by atoms with E-state index in [4.69, 9.17) is 0 Å². The zero-order valence-corrected chi connectivity index (χ0v) is 13.3. The summed E-state index contributed by atoms with van der Waals surface area (Å²) in [4.78, 5) is 14.3. The lowest BCUT2D eigenvalue weighted by atomic mass is 10.0. The van der Waals surface area contributed by atoms with E-state index in [1.54, 1.807) is 17.2 Å². The third kappa shape index (κ3) is 3.39. The van der Waals surface area contributed by atoms with Crippen LogP contribution < -0.4 is 5.32 Å². The van der Waals surface area contributed by atoms with Crippen molar-refractivity contribution < 1.29 is 4.79 Å². The van der Waals surface area contributed by atoms with Gasteiger partial charge in [0.2, 0.25) is 0 Å². The molecular formula is C18H20N4O. The molecule has 0 radical (unpaired) electrons. The highest BCUT2D eigenvalue weighted by Gasteiger charge is 2.19. The van der Waals surface area contributed by atoms with E-state index in [9.17, 15) is 4.79 Å². The number of carbonyl (C=O) groups excluding carboxylic acids is 1. The van der Waals surface area contributed by atoms with Crippen LogP contribution in [0.4, 0.5) is 0 Å². The number of hydrogen-bond acceptors (Lipinski definition) is 3. The Morgan fingerprint density at radius 3 is 2.52 bits per heavy atom. The predicted molar refractivity (Wildman–Crippen MR) is 90.1 cm³/mol. The summed E-state index contributed by atoms with van der Waals surface area (Å²) in [6.07, 6.45) is 3.29. The number of aromatic nitrogens is 3. The molecule has 5 nitrogen and oxygen atoms in total. The standard InChI is InChI=1S/C18H20N4O/c1-13(2)17(12-22-19-10-11-20-22)21-18(23)16-9-5-7-14-6-3-4-8-15(14)16/h3-11,13,17H,12H2,1-2H3,(H,21,23)/t17-/m1/s1. The van der Waals surface area contributed by atoms with E-state index < -0.39 is 0 Å². The van der Waals surface area contributed by atoms with Crippen molar-refractivity contribution in [2.45, 2.75) is 26.4 Å². The van der Waals surface area contributed by atoms with Gasteiger partial charge in [0, 0.05) is 5.56 Å². The van der Waals surface area contributed by atoms with Gasteiger partial charge in [-0.2, -0.15) is 15.0 Å². The molecule has 1 heterocycles. The molecule has 0 aliphatic rings. The Bertz CT molecular complexity index is 790. The average molecular weight is 308 g/mol. The van der Waals surface area contributed by atoms with Crippen molar-refractivity contribution >= 4 is 16.7 Å². The summed E-state index contributed by atoms with van der Waals surface area (Å²) in [7, 11) is 0. The van der Waals surface area contributed by atoms with Crippen LogP contribution in [0.5, 0.6) is 0 Å². The molecule has 3 aromatic rings. The summed E-state index contributed by atoms with van der Waals surface area (Å²) in [6.45, 7) is 4.72. The number of rotatable bonds is 5. The van der Waals surface area contributed by atoms with Crippen molar-refractivity contribution in [1.29, 1.82) is 0 Å². The van der Waals surface area contributed by atoms with Crippen LogP contribution in [0.25, 0.3) is 10.8 Å². The summed E-state index contributed by atoms with van der Waals surface area (Å²) in [5.41, 5.74) is 0.696. The Morgan fingerprint density at radius 2 is 1.78 bits per heavy atom. The number of nitrogens with zero attached hydrogens (tertiary/aromatic N) is 3. The van der Waals surface area contributed by atoms with Crippen molar-refractivity contribution in [3.8, 4) is 0 Å². The molecule has 23 heavy (non-hydrogen) atoms. The van der Waals surface area contributed by atoms with E-state index in [0.717, 1.165) is 10.8 Å². The smallest absolute Gasteiger partial charge is 0.252 e. The SMILES string of the molecule is CC(C)[C@@H](Cn1nccn1)NC(=O)c1cccc2ccccc12. The van der Waals surface area contributed by atoms with E-state index in [2.05, 4.69) is 29.4 Å². The molecule has 5 heteroatoms. The first-order valence-electron chi connectivity index (χ1n) is 7.78. The maximum absolute atomic E-state index is 12.7. The third-order valence-corrected chi connectivity index (χ3v) is 3.98. The number of hydrogen-bond donors (Lipinski definition) is 1. The Morgan fingerprint density at radius 1 is 1.09 bits per heavy atom. The predicted octanol–water partition coefficient (Wildman–Crippen LogP) is 2.89. The largest absolute Gasteiger partial charge is 0.347 e. The topological polar surface area (TPSA) is 59.8 Å². The minimum absolute atomic E-state index is 0.0335. The highest BCUT2D eigenvalue weighted by Crippen LogP contribution is 2.19. The number of benzene rings is 2. The van der Waals surface area contributed by atoms with E-state index in [1.807, 2.05) is 42.5 Å². The number of nitrogens with one attached hydrogen (secondary N) is 1. The van der Waals surface area contributed by atoms with Gasteiger partial charge >= 0.3 is 0 Å². The number of amides is 1. The van der Waals surface area contributed by atoms with Gasteiger partial charge in [0.05, 0.1) is 25.0 Å². The van der Waals surface area contributed by atoms with Gasteiger partial charge in [-0.05, 0) is 22.8 Å². The van der Waals surface area contributed by atoms with Crippen LogP contribution in [0.2, 0.25) is 0 Å². The second-order valence-electron chi connectivity index (χ2n) is 5.93. The molecule has 1 amide bonds. The van der Waals surface area contributed by atoms with Crippen LogP contribution in [0.15, 0.2) is 54.9 Å². The summed E-state index contributed by atoms with van der Waals surface area (Å²) in [5, 5.41) is 13.4. The lowest BCUT2D eigenvalue weighted by molar-refractivity contribution is 0.0919. The molecule has 0 aliphatic carbocycles. The van der Waals surface area contributed by atoms with Crippen LogP contribution in [0.3, 0.4) is 0 Å². The Labute approximate surface area is 135 Å². The molecule has 1 N–H and O–H groups in total. The van der Waals surface area contributed by atoms with Gasteiger partial charge in [0.15, 0.2) is 0 Å². The fraction of sp³-hybridized carbons (Fsp3) is 0.278. The zero-order chi connectivity index (χ0) is 16.2. The van der Waals surface area contributed by atoms with Crippen molar-refractivity contribution in [1.82, 2.24) is 20.3 Å². The third-order valence-electron chi connectivity index (χ3n) is 3.98. The molecule has 1 atom stereocenters. The van der Waals surface area contributed by atoms with Crippen LogP contribution in [0, 0.1) is 5.92 Å². The summed E-state index contributed by atoms with van der Waals surface area (Å²) < 4.78 is 0. The van der Waals surface area contributed by atoms with Crippen molar-refractivity contribution in [3.05, 3.63) is 60.4 Å². The minimum atomic E-state index is -0.0624. The van der Waals surface area contributed by atoms with Crippen molar-refractivity contribution in [2.75, 3.05) is 0 Å². The fourth-order valence-electron chi connectivity index (χ4n) is 2.61. The summed E-state index contributed by atoms with van der Waals surface area (Å²) in [5.74, 6) is 0.215. The Hall–Kier alpha value is -2.69. The monoisotopic (exact) mass is 308 g/mol. The maximum Gasteiger partial charge on any atom is 0.252 e. The van der Waals surface area contributed by atoms with Gasteiger partial charge in [-0.1, -0.05) is 50.2 Å². The lowest BCUT2D eigenvalue weighted by Gasteiger charge is -2.22. The van der Waals surface area contributed by atoms with Gasteiger partial charge in [0.25, 0.3) is 5.91 Å². The van der Waals surface area contributed by atoms with Crippen LogP contribution in [-0.4, -0.2) is 26.9 Å². The molecule has 0 saturated heterocycles. The van der Waals surface area contributed by atoms with E-state index in [-0.39, 0.29) is 17.9 Å². The number of fused-ring (bicyclic) bond motifs is 1. The second kappa shape index (κ2) is 6.60. The van der Waals surface area contributed by atoms with Crippen LogP contribution >= 0.6 is 0 Å².